The van der Waals surface area contributed by atoms with Crippen molar-refractivity contribution in [3.8, 4) is 0 Å². The van der Waals surface area contributed by atoms with Gasteiger partial charge in [-0.05, 0) is 34.5 Å². The number of benzene rings is 1. The molecule has 0 radical (unpaired) electrons. The molecule has 3 N–H and O–H groups in total. The van der Waals surface area contributed by atoms with Gasteiger partial charge in [0, 0.05) is 23.6 Å². The summed E-state index contributed by atoms with van der Waals surface area (Å²) in [5.74, 6) is 0.00556. The molecule has 0 unspecified atom stereocenters. The number of hydrogen-bond acceptors (Lipinski definition) is 3. The number of likely N-dealkylation sites (tertiary alicyclic amines) is 1. The maximum absolute atomic E-state index is 11.8. The van der Waals surface area contributed by atoms with E-state index >= 15 is 0 Å². The maximum Gasteiger partial charge on any atom is 0.238 e. The molecule has 0 spiro atoms. The monoisotopic (exact) mass is 297 g/mol. The zero-order valence-corrected chi connectivity index (χ0v) is 11.1. The van der Waals surface area contributed by atoms with E-state index in [1.807, 2.05) is 24.3 Å². The second-order valence-corrected chi connectivity index (χ2v) is 5.17. The number of nitrogens with zero attached hydrogens (tertiary/aromatic N) is 1. The highest BCUT2D eigenvalue weighted by molar-refractivity contribution is 9.10. The zero-order valence-electron chi connectivity index (χ0n) is 9.53. The highest BCUT2D eigenvalue weighted by Gasteiger charge is 2.21. The lowest BCUT2D eigenvalue weighted by molar-refractivity contribution is -0.117. The molecular formula is C12H16BrN3O. The van der Waals surface area contributed by atoms with Gasteiger partial charge < -0.3 is 11.1 Å². The molecule has 1 aromatic carbocycles. The van der Waals surface area contributed by atoms with E-state index in [1.165, 1.54) is 0 Å². The summed E-state index contributed by atoms with van der Waals surface area (Å²) < 4.78 is 0.895. The van der Waals surface area contributed by atoms with Crippen LogP contribution in [0.3, 0.4) is 0 Å². The third-order valence-electron chi connectivity index (χ3n) is 2.82. The number of halogens is 1. The normalized spacial score (nSPS) is 20.5. The van der Waals surface area contributed by atoms with E-state index in [0.717, 1.165) is 29.7 Å². The quantitative estimate of drug-likeness (QED) is 0.887. The molecule has 92 valence electrons. The van der Waals surface area contributed by atoms with Crippen LogP contribution in [-0.4, -0.2) is 36.5 Å². The first-order chi connectivity index (χ1) is 8.15. The molecular weight excluding hydrogens is 282 g/mol. The summed E-state index contributed by atoms with van der Waals surface area (Å²) >= 11 is 3.40. The Kier molecular flexibility index (Phi) is 4.15. The lowest BCUT2D eigenvalue weighted by Crippen LogP contribution is -2.33. The van der Waals surface area contributed by atoms with Crippen LogP contribution < -0.4 is 11.1 Å². The molecule has 2 rings (SSSR count). The van der Waals surface area contributed by atoms with Gasteiger partial charge in [-0.25, -0.2) is 0 Å². The van der Waals surface area contributed by atoms with Crippen LogP contribution >= 0.6 is 15.9 Å². The number of para-hydroxylation sites is 1. The van der Waals surface area contributed by atoms with Crippen LogP contribution in [-0.2, 0) is 4.79 Å². The van der Waals surface area contributed by atoms with Crippen molar-refractivity contribution in [1.29, 1.82) is 0 Å². The number of amides is 1. The summed E-state index contributed by atoms with van der Waals surface area (Å²) in [7, 11) is 0. The van der Waals surface area contributed by atoms with E-state index in [2.05, 4.69) is 26.1 Å². The summed E-state index contributed by atoms with van der Waals surface area (Å²) in [6.45, 7) is 2.13. The van der Waals surface area contributed by atoms with Gasteiger partial charge in [0.15, 0.2) is 0 Å². The van der Waals surface area contributed by atoms with Gasteiger partial charge in [-0.1, -0.05) is 12.1 Å². The van der Waals surface area contributed by atoms with Crippen LogP contribution in [0.15, 0.2) is 28.7 Å². The Morgan fingerprint density at radius 2 is 2.29 bits per heavy atom. The third-order valence-corrected chi connectivity index (χ3v) is 3.52. The Hall–Kier alpha value is -0.910. The predicted molar refractivity (Wildman–Crippen MR) is 71.8 cm³/mol. The number of anilines is 1. The first kappa shape index (κ1) is 12.5. The first-order valence-corrected chi connectivity index (χ1v) is 6.47. The Bertz CT molecular complexity index is 410. The van der Waals surface area contributed by atoms with Crippen LogP contribution in [0.1, 0.15) is 6.42 Å². The Balaban J connectivity index is 1.87. The molecule has 1 saturated heterocycles. The number of carbonyl (C=O) groups excluding carboxylic acids is 1. The number of nitrogens with one attached hydrogen (secondary N) is 1. The van der Waals surface area contributed by atoms with Crippen LogP contribution in [0.5, 0.6) is 0 Å². The van der Waals surface area contributed by atoms with Gasteiger partial charge in [0.2, 0.25) is 5.91 Å². The third kappa shape index (κ3) is 3.52. The number of rotatable bonds is 3. The fourth-order valence-electron chi connectivity index (χ4n) is 1.96. The molecule has 0 saturated carbocycles. The molecule has 1 aliphatic heterocycles. The Morgan fingerprint density at radius 3 is 2.94 bits per heavy atom. The standard InChI is InChI=1S/C12H16BrN3O/c13-10-3-1-2-4-11(10)15-12(17)8-16-6-5-9(14)7-16/h1-4,9H,5-8,14H2,(H,15,17)/t9-/m1/s1. The van der Waals surface area contributed by atoms with Crippen molar-refractivity contribution in [2.24, 2.45) is 5.73 Å². The molecule has 1 heterocycles. The van der Waals surface area contributed by atoms with Crippen LogP contribution in [0.2, 0.25) is 0 Å². The first-order valence-electron chi connectivity index (χ1n) is 5.67. The second kappa shape index (κ2) is 5.62. The predicted octanol–water partition coefficient (Wildman–Crippen LogP) is 1.42. The summed E-state index contributed by atoms with van der Waals surface area (Å²) in [6.07, 6.45) is 0.975. The summed E-state index contributed by atoms with van der Waals surface area (Å²) in [5.41, 5.74) is 6.60. The van der Waals surface area contributed by atoms with E-state index in [0.29, 0.717) is 6.54 Å². The van der Waals surface area contributed by atoms with E-state index in [4.69, 9.17) is 5.73 Å². The van der Waals surface area contributed by atoms with Crippen LogP contribution in [0.25, 0.3) is 0 Å². The van der Waals surface area contributed by atoms with Gasteiger partial charge in [-0.3, -0.25) is 9.69 Å². The lowest BCUT2D eigenvalue weighted by atomic mass is 10.3. The van der Waals surface area contributed by atoms with E-state index in [1.54, 1.807) is 0 Å². The smallest absolute Gasteiger partial charge is 0.238 e. The maximum atomic E-state index is 11.8. The van der Waals surface area contributed by atoms with E-state index in [9.17, 15) is 4.79 Å². The highest BCUT2D eigenvalue weighted by atomic mass is 79.9. The topological polar surface area (TPSA) is 58.4 Å². The minimum absolute atomic E-state index is 0.00556. The molecule has 5 heteroatoms. The molecule has 1 aliphatic rings. The van der Waals surface area contributed by atoms with Crippen molar-refractivity contribution in [2.75, 3.05) is 25.0 Å². The Morgan fingerprint density at radius 1 is 1.53 bits per heavy atom. The fourth-order valence-corrected chi connectivity index (χ4v) is 2.35. The largest absolute Gasteiger partial charge is 0.326 e. The van der Waals surface area contributed by atoms with Crippen molar-refractivity contribution in [1.82, 2.24) is 4.90 Å². The van der Waals surface area contributed by atoms with Gasteiger partial charge in [-0.15, -0.1) is 0 Å². The fraction of sp³-hybridized carbons (Fsp3) is 0.417. The molecule has 1 aromatic rings. The minimum atomic E-state index is 0.00556. The van der Waals surface area contributed by atoms with Gasteiger partial charge in [0.1, 0.15) is 0 Å². The number of carbonyl (C=O) groups is 1. The van der Waals surface area contributed by atoms with E-state index < -0.39 is 0 Å². The number of hydrogen-bond donors (Lipinski definition) is 2. The molecule has 1 atom stereocenters. The van der Waals surface area contributed by atoms with Gasteiger partial charge in [0.25, 0.3) is 0 Å². The van der Waals surface area contributed by atoms with Crippen molar-refractivity contribution in [3.05, 3.63) is 28.7 Å². The molecule has 1 amide bonds. The second-order valence-electron chi connectivity index (χ2n) is 4.31. The average Bonchev–Trinajstić information content (AvgIpc) is 2.67. The lowest BCUT2D eigenvalue weighted by Gasteiger charge is -2.15. The number of nitrogens with two attached hydrogens (primary N) is 1. The van der Waals surface area contributed by atoms with E-state index in [-0.39, 0.29) is 11.9 Å². The van der Waals surface area contributed by atoms with Crippen LogP contribution in [0.4, 0.5) is 5.69 Å². The highest BCUT2D eigenvalue weighted by Crippen LogP contribution is 2.21. The molecule has 0 bridgehead atoms. The van der Waals surface area contributed by atoms with Crippen molar-refractivity contribution in [3.63, 3.8) is 0 Å². The van der Waals surface area contributed by atoms with Gasteiger partial charge in [0.05, 0.1) is 12.2 Å². The molecule has 0 aromatic heterocycles. The molecule has 1 fully saturated rings. The van der Waals surface area contributed by atoms with Crippen molar-refractivity contribution >= 4 is 27.5 Å². The SMILES string of the molecule is N[C@@H]1CCN(CC(=O)Nc2ccccc2Br)C1. The minimum Gasteiger partial charge on any atom is -0.326 e. The van der Waals surface area contributed by atoms with Crippen molar-refractivity contribution < 1.29 is 4.79 Å². The summed E-state index contributed by atoms with van der Waals surface area (Å²) in [6, 6.07) is 7.80. The van der Waals surface area contributed by atoms with Crippen molar-refractivity contribution in [2.45, 2.75) is 12.5 Å². The summed E-state index contributed by atoms with van der Waals surface area (Å²) in [4.78, 5) is 13.9. The van der Waals surface area contributed by atoms with Gasteiger partial charge >= 0.3 is 0 Å². The van der Waals surface area contributed by atoms with Gasteiger partial charge in [-0.2, -0.15) is 0 Å². The molecule has 0 aliphatic carbocycles. The zero-order chi connectivity index (χ0) is 12.3. The molecule has 17 heavy (non-hydrogen) atoms. The molecule has 4 nitrogen and oxygen atoms in total. The van der Waals surface area contributed by atoms with Crippen LogP contribution in [0, 0.1) is 0 Å². The average molecular weight is 298 g/mol. The summed E-state index contributed by atoms with van der Waals surface area (Å²) in [5, 5.41) is 2.88. The Labute approximate surface area is 109 Å².